The maximum atomic E-state index is 8.56. The molecule has 0 saturated carbocycles. The van der Waals surface area contributed by atoms with E-state index in [0.29, 0.717) is 0 Å². The Labute approximate surface area is 271 Å². The van der Waals surface area contributed by atoms with E-state index in [2.05, 4.69) is 70.7 Å². The largest absolute Gasteiger partial charge is 0.503 e. The van der Waals surface area contributed by atoms with Gasteiger partial charge in [0.05, 0.1) is 11.7 Å². The fourth-order valence-electron chi connectivity index (χ4n) is 4.21. The van der Waals surface area contributed by atoms with Crippen LogP contribution in [-0.2, 0) is 0 Å². The van der Waals surface area contributed by atoms with Gasteiger partial charge in [-0.05, 0) is 51.4 Å². The van der Waals surface area contributed by atoms with E-state index in [4.69, 9.17) is 27.9 Å². The monoisotopic (exact) mass is 619 g/mol. The quantitative estimate of drug-likeness (QED) is 0.0633. The first-order valence-electron chi connectivity index (χ1n) is 18.6. The van der Waals surface area contributed by atoms with E-state index in [9.17, 15) is 0 Å². The van der Waals surface area contributed by atoms with Crippen molar-refractivity contribution < 1.29 is 20.5 Å². The second-order valence-electron chi connectivity index (χ2n) is 11.2. The molecule has 0 amide bonds. The molecule has 0 fully saturated rings. The molecule has 0 aliphatic heterocycles. The summed E-state index contributed by atoms with van der Waals surface area (Å²) >= 11 is 0. The second kappa shape index (κ2) is 40.2. The number of aliphatic imine (C=N–C) groups is 2. The summed E-state index contributed by atoms with van der Waals surface area (Å²) in [4.78, 5) is 23.5. The molecule has 8 nitrogen and oxygen atoms in total. The molecule has 43 heavy (non-hydrogen) atoms. The van der Waals surface area contributed by atoms with Crippen LogP contribution in [0.25, 0.3) is 0 Å². The van der Waals surface area contributed by atoms with Gasteiger partial charge in [-0.3, -0.25) is 9.98 Å². The fraction of sp³-hybridized carbons (Fsp3) is 0.914. The Kier molecular flexibility index (Phi) is 40.4. The Morgan fingerprint density at radius 3 is 0.977 bits per heavy atom. The summed E-state index contributed by atoms with van der Waals surface area (Å²) < 4.78 is 10.8. The SMILES string of the molecule is CCCCN=C(CCCC)N(CCCC)CCCC.CCCCN=C(CCCC)N(CCCC)CCCC.O=C(O)O.[2H]O[2H]. The van der Waals surface area contributed by atoms with Crippen LogP contribution >= 0.6 is 0 Å². The first-order valence-corrected chi connectivity index (χ1v) is 17.8. The van der Waals surface area contributed by atoms with Gasteiger partial charge in [0.15, 0.2) is 0 Å². The highest BCUT2D eigenvalue weighted by molar-refractivity contribution is 5.82. The van der Waals surface area contributed by atoms with Gasteiger partial charge in [0.2, 0.25) is 2.86 Å². The zero-order chi connectivity index (χ0) is 35.0. The predicted octanol–water partition coefficient (Wildman–Crippen LogP) is 9.95. The zero-order valence-corrected chi connectivity index (χ0v) is 30.0. The molecule has 0 unspecified atom stereocenters. The number of nitrogens with zero attached hydrogens (tertiary/aromatic N) is 4. The van der Waals surface area contributed by atoms with Gasteiger partial charge in [-0.25, -0.2) is 4.79 Å². The van der Waals surface area contributed by atoms with Crippen molar-refractivity contribution in [2.75, 3.05) is 39.3 Å². The molecule has 8 heteroatoms. The number of carbonyl (C=O) groups is 1. The third-order valence-corrected chi connectivity index (χ3v) is 6.98. The first-order chi connectivity index (χ1) is 21.7. The fourth-order valence-corrected chi connectivity index (χ4v) is 4.21. The minimum atomic E-state index is -1.83. The van der Waals surface area contributed by atoms with Crippen molar-refractivity contribution in [2.45, 2.75) is 171 Å². The van der Waals surface area contributed by atoms with Crippen LogP contribution in [0.15, 0.2) is 9.98 Å². The molecule has 0 aromatic carbocycles. The molecule has 0 radical (unpaired) electrons. The van der Waals surface area contributed by atoms with Crippen LogP contribution < -0.4 is 0 Å². The number of unbranched alkanes of at least 4 members (excludes halogenated alkanes) is 8. The summed E-state index contributed by atoms with van der Waals surface area (Å²) in [5.41, 5.74) is 2.75. The molecule has 260 valence electrons. The van der Waals surface area contributed by atoms with Gasteiger partial charge in [0.1, 0.15) is 0 Å². The number of hydrogen-bond donors (Lipinski definition) is 2. The normalized spacial score (nSPS) is 11.5. The van der Waals surface area contributed by atoms with Crippen LogP contribution in [0, 0.1) is 0 Å². The van der Waals surface area contributed by atoms with Gasteiger partial charge in [-0.15, -0.1) is 0 Å². The highest BCUT2D eigenvalue weighted by Gasteiger charge is 2.11. The molecule has 0 aromatic rings. The van der Waals surface area contributed by atoms with Crippen molar-refractivity contribution in [3.8, 4) is 0 Å². The van der Waals surface area contributed by atoms with Crippen LogP contribution in [-0.4, -0.2) is 85.5 Å². The van der Waals surface area contributed by atoms with Crippen molar-refractivity contribution in [3.63, 3.8) is 0 Å². The molecule has 0 aliphatic rings. The van der Waals surface area contributed by atoms with Gasteiger partial charge in [-0.1, -0.05) is 107 Å². The standard InChI is InChI=1S/2C17H36N2.CH2O3.H2O/c2*1-5-9-13-17(18-14-10-6-2)19(15-11-7-3)16-12-8-4;2-1(3)4;/h2*5-16H2,1-4H3;(H2,2,3,4);1H2/i/hD2. The Bertz CT molecular complexity index is 575. The lowest BCUT2D eigenvalue weighted by molar-refractivity contribution is 0.137. The molecule has 0 heterocycles. The van der Waals surface area contributed by atoms with Crippen LogP contribution in [0.5, 0.6) is 0 Å². The lowest BCUT2D eigenvalue weighted by Gasteiger charge is -2.26. The van der Waals surface area contributed by atoms with E-state index >= 15 is 0 Å². The molecular formula is C35H76N4O4. The van der Waals surface area contributed by atoms with E-state index in [1.54, 1.807) is 0 Å². The summed E-state index contributed by atoms with van der Waals surface area (Å²) in [7, 11) is 0. The molecule has 4 N–H and O–H groups in total. The maximum absolute atomic E-state index is 8.56. The van der Waals surface area contributed by atoms with Crippen LogP contribution in [0.3, 0.4) is 0 Å². The minimum absolute atomic E-state index is 1.02. The third-order valence-electron chi connectivity index (χ3n) is 6.98. The summed E-state index contributed by atoms with van der Waals surface area (Å²) in [6, 6.07) is 0. The third kappa shape index (κ3) is 36.3. The lowest BCUT2D eigenvalue weighted by Crippen LogP contribution is -2.33. The molecule has 0 aliphatic carbocycles. The van der Waals surface area contributed by atoms with Gasteiger partial charge < -0.3 is 25.5 Å². The molecule has 0 bridgehead atoms. The van der Waals surface area contributed by atoms with Crippen molar-refractivity contribution in [2.24, 2.45) is 9.98 Å². The topological polar surface area (TPSA) is 120 Å². The number of carboxylic acid groups (broad SMARTS) is 2. The van der Waals surface area contributed by atoms with Crippen LogP contribution in [0.4, 0.5) is 4.79 Å². The summed E-state index contributed by atoms with van der Waals surface area (Å²) in [5, 5.41) is 13.9. The Balaban J connectivity index is -0.000000309. The average Bonchev–Trinajstić information content (AvgIpc) is 3.02. The molecule has 0 spiro atoms. The predicted molar refractivity (Wildman–Crippen MR) is 191 cm³/mol. The smallest absolute Gasteiger partial charge is 0.450 e. The average molecular weight is 619 g/mol. The molecule has 0 atom stereocenters. The zero-order valence-electron chi connectivity index (χ0n) is 32.0. The number of hydrogen-bond acceptors (Lipinski definition) is 3. The minimum Gasteiger partial charge on any atom is -0.450 e. The summed E-state index contributed by atoms with van der Waals surface area (Å²) in [5.74, 6) is 2.77. The molecule has 0 saturated heterocycles. The number of amidine groups is 2. The van der Waals surface area contributed by atoms with Crippen molar-refractivity contribution in [1.29, 1.82) is 2.86 Å². The second-order valence-corrected chi connectivity index (χ2v) is 11.2. The maximum Gasteiger partial charge on any atom is 0.503 e. The molecular weight excluding hydrogens is 540 g/mol. The van der Waals surface area contributed by atoms with E-state index in [-0.39, 0.29) is 0 Å². The van der Waals surface area contributed by atoms with Crippen molar-refractivity contribution in [1.82, 2.24) is 9.80 Å². The lowest BCUT2D eigenvalue weighted by atomic mass is 10.2. The first kappa shape index (κ1) is 43.3. The van der Waals surface area contributed by atoms with Crippen LogP contribution in [0.2, 0.25) is 0 Å². The van der Waals surface area contributed by atoms with E-state index < -0.39 is 6.16 Å². The summed E-state index contributed by atoms with van der Waals surface area (Å²) in [6.07, 6.45) is 20.8. The van der Waals surface area contributed by atoms with Gasteiger partial charge in [0.25, 0.3) is 0 Å². The molecule has 0 aromatic heterocycles. The van der Waals surface area contributed by atoms with Crippen molar-refractivity contribution in [3.05, 3.63) is 0 Å². The van der Waals surface area contributed by atoms with Crippen molar-refractivity contribution >= 4 is 17.8 Å². The highest BCUT2D eigenvalue weighted by Crippen LogP contribution is 2.09. The Hall–Kier alpha value is -1.83. The summed E-state index contributed by atoms with van der Waals surface area (Å²) in [6.45, 7) is 25.0. The van der Waals surface area contributed by atoms with E-state index in [1.807, 2.05) is 0 Å². The molecule has 0 rings (SSSR count). The van der Waals surface area contributed by atoms with Gasteiger partial charge >= 0.3 is 6.16 Å². The van der Waals surface area contributed by atoms with Gasteiger partial charge in [0, 0.05) is 52.1 Å². The van der Waals surface area contributed by atoms with Gasteiger partial charge in [-0.2, -0.15) is 0 Å². The Morgan fingerprint density at radius 1 is 0.535 bits per heavy atom. The van der Waals surface area contributed by atoms with Crippen LogP contribution in [0.1, 0.15) is 171 Å². The van der Waals surface area contributed by atoms with E-state index in [1.165, 1.54) is 153 Å². The Morgan fingerprint density at radius 2 is 0.767 bits per heavy atom. The number of rotatable bonds is 24. The van der Waals surface area contributed by atoms with E-state index in [0.717, 1.165) is 13.1 Å². The highest BCUT2D eigenvalue weighted by atomic mass is 16.6.